The van der Waals surface area contributed by atoms with E-state index in [1.165, 1.54) is 27.1 Å². The van der Waals surface area contributed by atoms with Gasteiger partial charge in [-0.3, -0.25) is 0 Å². The minimum atomic E-state index is 0.564. The minimum Gasteiger partial charge on any atom is -0.309 e. The van der Waals surface area contributed by atoms with E-state index in [0.29, 0.717) is 17.5 Å². The standard InChI is InChI=1S/C81H54N6/c1-2-54(55-26-9-3-10-27-55)34-25-35-61-52-62(81-83-79(59-30-13-5-14-31-59)82-80(84-81)60-32-15-6-16-33-60)53-69(58-46-44-57(45-47-58)56-28-11-4-12-29-56)76(61)87-71-43-24-22-41-68(71)75-73(87)51-49-66-65-48-50-72-74(77(65)86(78(66)75)64-38-19-8-20-39-64)67-40-21-23-42-70(67)85(72)63-36-17-7-18-37-63/h2-53H,1H2/b35-25+,54-34+. The van der Waals surface area contributed by atoms with Crippen LogP contribution in [0.3, 0.4) is 0 Å². The van der Waals surface area contributed by atoms with Gasteiger partial charge in [-0.15, -0.1) is 0 Å². The Morgan fingerprint density at radius 2 is 0.759 bits per heavy atom. The van der Waals surface area contributed by atoms with Crippen molar-refractivity contribution in [3.05, 3.63) is 327 Å². The number of benzene rings is 12. The van der Waals surface area contributed by atoms with E-state index in [1.807, 2.05) is 48.5 Å². The lowest BCUT2D eigenvalue weighted by molar-refractivity contribution is 1.07. The van der Waals surface area contributed by atoms with Gasteiger partial charge in [-0.25, -0.2) is 15.0 Å². The highest BCUT2D eigenvalue weighted by Crippen LogP contribution is 2.48. The van der Waals surface area contributed by atoms with Crippen molar-refractivity contribution in [2.24, 2.45) is 0 Å². The second kappa shape index (κ2) is 21.5. The summed E-state index contributed by atoms with van der Waals surface area (Å²) in [5, 5.41) is 7.07. The highest BCUT2D eigenvalue weighted by Gasteiger charge is 2.27. The first-order chi connectivity index (χ1) is 43.1. The predicted octanol–water partition coefficient (Wildman–Crippen LogP) is 20.8. The first-order valence-corrected chi connectivity index (χ1v) is 29.5. The molecule has 0 atom stereocenters. The van der Waals surface area contributed by atoms with E-state index in [9.17, 15) is 0 Å². The summed E-state index contributed by atoms with van der Waals surface area (Å²) >= 11 is 0. The van der Waals surface area contributed by atoms with E-state index in [-0.39, 0.29) is 0 Å². The monoisotopic (exact) mass is 1110 g/mol. The normalized spacial score (nSPS) is 12.0. The van der Waals surface area contributed by atoms with Gasteiger partial charge in [0.1, 0.15) is 0 Å². The number of para-hydroxylation sites is 4. The molecule has 16 rings (SSSR count). The van der Waals surface area contributed by atoms with Crippen molar-refractivity contribution in [2.45, 2.75) is 0 Å². The zero-order valence-electron chi connectivity index (χ0n) is 47.4. The average Bonchev–Trinajstić information content (AvgIpc) is 1.64. The molecule has 0 unspecified atom stereocenters. The smallest absolute Gasteiger partial charge is 0.164 e. The fourth-order valence-electron chi connectivity index (χ4n) is 13.0. The molecule has 0 bridgehead atoms. The van der Waals surface area contributed by atoms with Gasteiger partial charge in [0.25, 0.3) is 0 Å². The molecule has 6 nitrogen and oxygen atoms in total. The summed E-state index contributed by atoms with van der Waals surface area (Å²) in [6.45, 7) is 4.28. The van der Waals surface area contributed by atoms with Gasteiger partial charge in [-0.1, -0.05) is 261 Å². The van der Waals surface area contributed by atoms with Crippen LogP contribution in [0.25, 0.3) is 151 Å². The first-order valence-electron chi connectivity index (χ1n) is 29.5. The van der Waals surface area contributed by atoms with E-state index in [1.54, 1.807) is 0 Å². The van der Waals surface area contributed by atoms with Gasteiger partial charge in [0, 0.05) is 65.9 Å². The van der Waals surface area contributed by atoms with E-state index in [4.69, 9.17) is 15.0 Å². The second-order valence-corrected chi connectivity index (χ2v) is 21.9. The van der Waals surface area contributed by atoms with E-state index in [0.717, 1.165) is 111 Å². The molecule has 0 spiro atoms. The van der Waals surface area contributed by atoms with Crippen LogP contribution in [-0.2, 0) is 0 Å². The fourth-order valence-corrected chi connectivity index (χ4v) is 13.0. The molecule has 16 aromatic rings. The van der Waals surface area contributed by atoms with Crippen LogP contribution in [0.4, 0.5) is 0 Å². The van der Waals surface area contributed by atoms with Crippen molar-refractivity contribution in [1.29, 1.82) is 0 Å². The summed E-state index contributed by atoms with van der Waals surface area (Å²) in [5.74, 6) is 1.75. The number of nitrogens with zero attached hydrogens (tertiary/aromatic N) is 6. The van der Waals surface area contributed by atoms with Crippen LogP contribution >= 0.6 is 0 Å². The SMILES string of the molecule is C=C/C(=C\C=C\c1cc(-c2nc(-c3ccccc3)nc(-c3ccccc3)n2)cc(-c2ccc(-c3ccccc3)cc2)c1-n1c2ccccc2c2c1ccc1c3ccc4c(c5ccccc5n4-c4ccccc4)c3n(-c3ccccc3)c12)c1ccccc1. The molecule has 0 fully saturated rings. The number of fused-ring (bicyclic) bond motifs is 11. The van der Waals surface area contributed by atoms with Gasteiger partial charge in [-0.2, -0.15) is 0 Å². The van der Waals surface area contributed by atoms with Crippen molar-refractivity contribution in [2.75, 3.05) is 0 Å². The Morgan fingerprint density at radius 1 is 0.333 bits per heavy atom. The summed E-state index contributed by atoms with van der Waals surface area (Å²) in [7, 11) is 0. The molecule has 87 heavy (non-hydrogen) atoms. The van der Waals surface area contributed by atoms with Crippen LogP contribution in [0, 0.1) is 0 Å². The Balaban J connectivity index is 1.03. The van der Waals surface area contributed by atoms with Crippen molar-refractivity contribution >= 4 is 77.1 Å². The van der Waals surface area contributed by atoms with Crippen LogP contribution < -0.4 is 0 Å². The zero-order chi connectivity index (χ0) is 57.8. The van der Waals surface area contributed by atoms with E-state index >= 15 is 0 Å². The molecule has 0 amide bonds. The van der Waals surface area contributed by atoms with Crippen molar-refractivity contribution in [3.8, 4) is 73.5 Å². The highest BCUT2D eigenvalue weighted by molar-refractivity contribution is 6.31. The van der Waals surface area contributed by atoms with Gasteiger partial charge < -0.3 is 13.7 Å². The van der Waals surface area contributed by atoms with Gasteiger partial charge >= 0.3 is 0 Å². The van der Waals surface area contributed by atoms with Gasteiger partial charge in [0.15, 0.2) is 17.5 Å². The Hall–Kier alpha value is -11.7. The van der Waals surface area contributed by atoms with Crippen molar-refractivity contribution < 1.29 is 0 Å². The Bertz CT molecular complexity index is 5290. The molecule has 0 aliphatic heterocycles. The Labute approximate surface area is 503 Å². The predicted molar refractivity (Wildman–Crippen MR) is 364 cm³/mol. The van der Waals surface area contributed by atoms with Crippen LogP contribution in [0.5, 0.6) is 0 Å². The van der Waals surface area contributed by atoms with Crippen molar-refractivity contribution in [1.82, 2.24) is 28.7 Å². The van der Waals surface area contributed by atoms with E-state index < -0.39 is 0 Å². The quantitative estimate of drug-likeness (QED) is 0.115. The highest BCUT2D eigenvalue weighted by atomic mass is 15.1. The topological polar surface area (TPSA) is 53.5 Å². The molecule has 0 saturated heterocycles. The van der Waals surface area contributed by atoms with Gasteiger partial charge in [0.05, 0.1) is 38.8 Å². The van der Waals surface area contributed by atoms with Crippen LogP contribution in [0.15, 0.2) is 316 Å². The lowest BCUT2D eigenvalue weighted by atomic mass is 9.94. The Kier molecular flexibility index (Phi) is 12.6. The van der Waals surface area contributed by atoms with Crippen molar-refractivity contribution in [3.63, 3.8) is 0 Å². The number of allylic oxidation sites excluding steroid dienone is 4. The molecule has 4 aromatic heterocycles. The summed E-state index contributed by atoms with van der Waals surface area (Å²) < 4.78 is 7.47. The average molecular weight is 1110 g/mol. The summed E-state index contributed by atoms with van der Waals surface area (Å²) in [6, 6.07) is 104. The molecule has 0 aliphatic carbocycles. The Morgan fingerprint density at radius 3 is 1.30 bits per heavy atom. The number of hydrogen-bond acceptors (Lipinski definition) is 3. The summed E-state index contributed by atoms with van der Waals surface area (Å²) in [4.78, 5) is 15.8. The zero-order valence-corrected chi connectivity index (χ0v) is 47.4. The molecular weight excluding hydrogens is 1060 g/mol. The second-order valence-electron chi connectivity index (χ2n) is 21.9. The lowest BCUT2D eigenvalue weighted by Gasteiger charge is -2.20. The summed E-state index contributed by atoms with van der Waals surface area (Å²) in [6.07, 6.45) is 8.47. The molecule has 0 radical (unpaired) electrons. The van der Waals surface area contributed by atoms with Crippen LogP contribution in [0.2, 0.25) is 0 Å². The summed E-state index contributed by atoms with van der Waals surface area (Å²) in [5.41, 5.74) is 20.0. The number of rotatable bonds is 12. The minimum absolute atomic E-state index is 0.564. The van der Waals surface area contributed by atoms with Crippen LogP contribution in [-0.4, -0.2) is 28.7 Å². The van der Waals surface area contributed by atoms with Crippen LogP contribution in [0.1, 0.15) is 11.1 Å². The van der Waals surface area contributed by atoms with Gasteiger partial charge in [-0.05, 0) is 94.1 Å². The molecule has 0 N–H and O–H groups in total. The lowest BCUT2D eigenvalue weighted by Crippen LogP contribution is -2.04. The number of hydrogen-bond donors (Lipinski definition) is 0. The molecule has 0 saturated carbocycles. The third kappa shape index (κ3) is 8.77. The molecule has 4 heterocycles. The molecule has 12 aromatic carbocycles. The molecular formula is C81H54N6. The third-order valence-corrected chi connectivity index (χ3v) is 16.9. The molecule has 0 aliphatic rings. The third-order valence-electron chi connectivity index (χ3n) is 16.9. The largest absolute Gasteiger partial charge is 0.309 e. The van der Waals surface area contributed by atoms with Gasteiger partial charge in [0.2, 0.25) is 0 Å². The first kappa shape index (κ1) is 51.0. The molecule has 6 heteroatoms. The number of aromatic nitrogens is 6. The van der Waals surface area contributed by atoms with E-state index in [2.05, 4.69) is 287 Å². The molecule has 408 valence electrons. The maximum absolute atomic E-state index is 5.35. The maximum Gasteiger partial charge on any atom is 0.164 e. The maximum atomic E-state index is 5.35. The fraction of sp³-hybridized carbons (Fsp3) is 0.